The summed E-state index contributed by atoms with van der Waals surface area (Å²) in [5, 5.41) is 1.44. The molecule has 0 spiro atoms. The van der Waals surface area contributed by atoms with E-state index < -0.39 is 12.1 Å². The molecule has 0 saturated carbocycles. The van der Waals surface area contributed by atoms with E-state index in [0.29, 0.717) is 0 Å². The van der Waals surface area contributed by atoms with Crippen LogP contribution in [0.1, 0.15) is 33.1 Å². The van der Waals surface area contributed by atoms with E-state index in [4.69, 9.17) is 5.73 Å². The van der Waals surface area contributed by atoms with E-state index in [-0.39, 0.29) is 0 Å². The summed E-state index contributed by atoms with van der Waals surface area (Å²) in [7, 11) is 0.926. The number of alkyl halides is 3. The third-order valence-corrected chi connectivity index (χ3v) is 3.12. The van der Waals surface area contributed by atoms with Crippen LogP contribution in [0.25, 0.3) is 0 Å². The summed E-state index contributed by atoms with van der Waals surface area (Å²) in [6.45, 7) is 6.32. The van der Waals surface area contributed by atoms with Gasteiger partial charge >= 0.3 is 12.1 Å². The molecule has 0 bridgehead atoms. The first-order valence-corrected chi connectivity index (χ1v) is 7.74. The van der Waals surface area contributed by atoms with Crippen LogP contribution in [0.4, 0.5) is 24.5 Å². The Morgan fingerprint density at radius 2 is 1.65 bits per heavy atom. The number of carbonyl (C=O) groups is 1. The molecule has 7 heteroatoms. The van der Waals surface area contributed by atoms with E-state index in [9.17, 15) is 18.0 Å². The minimum atomic E-state index is -4.74. The number of piperidine rings is 1. The molecule has 1 aliphatic heterocycles. The number of nitrogen functional groups attached to an aromatic ring is 1. The molecular weight excluding hydrogens is 307 g/mol. The van der Waals surface area contributed by atoms with Crippen LogP contribution in [0.15, 0.2) is 24.3 Å². The number of amides is 1. The molecule has 2 rings (SSSR count). The zero-order valence-electron chi connectivity index (χ0n) is 13.9. The SMILES string of the molecule is CC.CNC(=O)C(F)(F)F.Nc1ccccc1N1CCCCC1. The fraction of sp³-hybridized carbons (Fsp3) is 0.562. The quantitative estimate of drug-likeness (QED) is 0.772. The number of rotatable bonds is 1. The van der Waals surface area contributed by atoms with Crippen molar-refractivity contribution in [3.63, 3.8) is 0 Å². The monoisotopic (exact) mass is 333 g/mol. The normalized spacial score (nSPS) is 13.9. The molecule has 1 aromatic rings. The topological polar surface area (TPSA) is 58.4 Å². The number of nitrogens with one attached hydrogen (secondary N) is 1. The molecule has 1 aromatic carbocycles. The Kier molecular flexibility index (Phi) is 9.85. The van der Waals surface area contributed by atoms with E-state index in [1.165, 1.54) is 30.3 Å². The van der Waals surface area contributed by atoms with E-state index in [2.05, 4.69) is 17.0 Å². The van der Waals surface area contributed by atoms with Crippen LogP contribution in [0.5, 0.6) is 0 Å². The second-order valence-corrected chi connectivity index (χ2v) is 4.68. The van der Waals surface area contributed by atoms with Gasteiger partial charge in [-0.25, -0.2) is 0 Å². The standard InChI is InChI=1S/C11H16N2.C3H4F3NO.C2H6/c12-10-6-2-3-7-11(10)13-8-4-1-5-9-13;1-7-2(8)3(4,5)6;1-2/h2-3,6-7H,1,4-5,8-9,12H2;1H3,(H,7,8);1-2H3. The highest BCUT2D eigenvalue weighted by atomic mass is 19.4. The number of hydrogen-bond acceptors (Lipinski definition) is 3. The van der Waals surface area contributed by atoms with E-state index in [1.807, 2.05) is 26.0 Å². The molecule has 0 atom stereocenters. The first kappa shape index (κ1) is 21.1. The van der Waals surface area contributed by atoms with E-state index in [1.54, 1.807) is 0 Å². The molecule has 3 N–H and O–H groups in total. The lowest BCUT2D eigenvalue weighted by Gasteiger charge is -2.29. The molecule has 4 nitrogen and oxygen atoms in total. The summed E-state index contributed by atoms with van der Waals surface area (Å²) < 4.78 is 33.1. The van der Waals surface area contributed by atoms with Crippen molar-refractivity contribution in [1.29, 1.82) is 0 Å². The Labute approximate surface area is 135 Å². The summed E-state index contributed by atoms with van der Waals surface area (Å²) in [5.74, 6) is -1.92. The maximum absolute atomic E-state index is 11.0. The minimum Gasteiger partial charge on any atom is -0.397 e. The number of carbonyl (C=O) groups excluding carboxylic acids is 1. The van der Waals surface area contributed by atoms with Gasteiger partial charge in [-0.2, -0.15) is 13.2 Å². The average Bonchev–Trinajstić information content (AvgIpc) is 2.57. The molecule has 1 amide bonds. The Hall–Kier alpha value is -1.92. The van der Waals surface area contributed by atoms with Crippen molar-refractivity contribution >= 4 is 17.3 Å². The smallest absolute Gasteiger partial charge is 0.397 e. The zero-order valence-corrected chi connectivity index (χ0v) is 13.9. The maximum Gasteiger partial charge on any atom is 0.471 e. The summed E-state index contributed by atoms with van der Waals surface area (Å²) in [5.41, 5.74) is 8.03. The predicted molar refractivity (Wildman–Crippen MR) is 88.4 cm³/mol. The number of nitrogens with two attached hydrogens (primary N) is 1. The molecule has 1 fully saturated rings. The fourth-order valence-corrected chi connectivity index (χ4v) is 2.05. The lowest BCUT2D eigenvalue weighted by atomic mass is 10.1. The number of hydrogen-bond donors (Lipinski definition) is 2. The van der Waals surface area contributed by atoms with Crippen molar-refractivity contribution < 1.29 is 18.0 Å². The highest BCUT2D eigenvalue weighted by molar-refractivity contribution is 5.81. The molecule has 1 saturated heterocycles. The van der Waals surface area contributed by atoms with Crippen LogP contribution in [0.2, 0.25) is 0 Å². The van der Waals surface area contributed by atoms with Crippen molar-refractivity contribution in [1.82, 2.24) is 5.32 Å². The lowest BCUT2D eigenvalue weighted by Crippen LogP contribution is -2.33. The molecular formula is C16H26F3N3O. The minimum absolute atomic E-state index is 0.907. The van der Waals surface area contributed by atoms with Crippen molar-refractivity contribution in [2.24, 2.45) is 0 Å². The van der Waals surface area contributed by atoms with Gasteiger partial charge in [0.15, 0.2) is 0 Å². The number of benzene rings is 1. The third-order valence-electron chi connectivity index (χ3n) is 3.12. The second-order valence-electron chi connectivity index (χ2n) is 4.68. The summed E-state index contributed by atoms with van der Waals surface area (Å²) >= 11 is 0. The van der Waals surface area contributed by atoms with Gasteiger partial charge in [-0.15, -0.1) is 0 Å². The van der Waals surface area contributed by atoms with Crippen molar-refractivity contribution in [3.8, 4) is 0 Å². The first-order valence-electron chi connectivity index (χ1n) is 7.74. The zero-order chi connectivity index (χ0) is 17.9. The second kappa shape index (κ2) is 10.7. The van der Waals surface area contributed by atoms with Gasteiger partial charge in [0.1, 0.15) is 0 Å². The van der Waals surface area contributed by atoms with Gasteiger partial charge in [-0.05, 0) is 31.4 Å². The van der Waals surface area contributed by atoms with Crippen LogP contribution in [0.3, 0.4) is 0 Å². The van der Waals surface area contributed by atoms with Crippen LogP contribution in [-0.2, 0) is 4.79 Å². The van der Waals surface area contributed by atoms with Crippen molar-refractivity contribution in [3.05, 3.63) is 24.3 Å². The Bertz CT molecular complexity index is 458. The number of nitrogens with zero attached hydrogens (tertiary/aromatic N) is 1. The largest absolute Gasteiger partial charge is 0.471 e. The van der Waals surface area contributed by atoms with Gasteiger partial charge < -0.3 is 16.0 Å². The van der Waals surface area contributed by atoms with Crippen LogP contribution in [-0.4, -0.2) is 32.2 Å². The molecule has 0 radical (unpaired) electrons. The molecule has 0 unspecified atom stereocenters. The Morgan fingerprint density at radius 3 is 2.04 bits per heavy atom. The summed E-state index contributed by atoms with van der Waals surface area (Å²) in [6.07, 6.45) is -0.777. The van der Waals surface area contributed by atoms with Gasteiger partial charge in [-0.1, -0.05) is 26.0 Å². The van der Waals surface area contributed by atoms with Gasteiger partial charge in [0.25, 0.3) is 0 Å². The van der Waals surface area contributed by atoms with Gasteiger partial charge in [0.2, 0.25) is 0 Å². The Morgan fingerprint density at radius 1 is 1.13 bits per heavy atom. The van der Waals surface area contributed by atoms with Crippen LogP contribution < -0.4 is 16.0 Å². The third kappa shape index (κ3) is 7.76. The maximum atomic E-state index is 11.0. The molecule has 1 heterocycles. The molecule has 23 heavy (non-hydrogen) atoms. The average molecular weight is 333 g/mol. The van der Waals surface area contributed by atoms with Crippen LogP contribution in [0, 0.1) is 0 Å². The number of halogens is 3. The number of anilines is 2. The Balaban J connectivity index is 0.000000421. The first-order chi connectivity index (χ1) is 10.9. The van der Waals surface area contributed by atoms with E-state index >= 15 is 0 Å². The fourth-order valence-electron chi connectivity index (χ4n) is 2.05. The predicted octanol–water partition coefficient (Wildman–Crippen LogP) is 3.58. The van der Waals surface area contributed by atoms with Gasteiger partial charge in [-0.3, -0.25) is 4.79 Å². The van der Waals surface area contributed by atoms with Crippen molar-refractivity contribution in [2.45, 2.75) is 39.3 Å². The highest BCUT2D eigenvalue weighted by Gasteiger charge is 2.37. The van der Waals surface area contributed by atoms with Gasteiger partial charge in [0, 0.05) is 20.1 Å². The number of para-hydroxylation sites is 2. The highest BCUT2D eigenvalue weighted by Crippen LogP contribution is 2.25. The van der Waals surface area contributed by atoms with Crippen molar-refractivity contribution in [2.75, 3.05) is 30.8 Å². The van der Waals surface area contributed by atoms with E-state index in [0.717, 1.165) is 25.8 Å². The lowest BCUT2D eigenvalue weighted by molar-refractivity contribution is -0.172. The van der Waals surface area contributed by atoms with Crippen LogP contribution >= 0.6 is 0 Å². The molecule has 0 aromatic heterocycles. The summed E-state index contributed by atoms with van der Waals surface area (Å²) in [4.78, 5) is 12.0. The molecule has 132 valence electrons. The summed E-state index contributed by atoms with van der Waals surface area (Å²) in [6, 6.07) is 8.13. The molecule has 1 aliphatic rings. The molecule has 0 aliphatic carbocycles. The van der Waals surface area contributed by atoms with Gasteiger partial charge in [0.05, 0.1) is 11.4 Å².